The van der Waals surface area contributed by atoms with Gasteiger partial charge in [-0.05, 0) is 17.7 Å². The number of carbonyl (C=O) groups excluding carboxylic acids is 2. The largest absolute Gasteiger partial charge is 0.284 e. The van der Waals surface area contributed by atoms with E-state index in [0.29, 0.717) is 11.1 Å². The third kappa shape index (κ3) is 3.45. The monoisotopic (exact) mass is 307 g/mol. The molecule has 1 fully saturated rings. The van der Waals surface area contributed by atoms with Crippen molar-refractivity contribution in [3.63, 3.8) is 0 Å². The summed E-state index contributed by atoms with van der Waals surface area (Å²) in [5.74, 6) is -1.28. The molecule has 1 saturated heterocycles. The minimum absolute atomic E-state index is 0.165. The van der Waals surface area contributed by atoms with Gasteiger partial charge in [-0.25, -0.2) is 13.1 Å². The number of rotatable bonds is 4. The van der Waals surface area contributed by atoms with E-state index in [2.05, 4.69) is 4.72 Å². The van der Waals surface area contributed by atoms with E-state index in [1.807, 2.05) is 6.07 Å². The van der Waals surface area contributed by atoms with Gasteiger partial charge in [-0.15, -0.1) is 0 Å². The van der Waals surface area contributed by atoms with Crippen molar-refractivity contribution in [2.75, 3.05) is 7.05 Å². The van der Waals surface area contributed by atoms with Crippen LogP contribution in [0.15, 0.2) is 24.3 Å². The van der Waals surface area contributed by atoms with Crippen LogP contribution in [0.3, 0.4) is 0 Å². The Morgan fingerprint density at radius 1 is 1.33 bits per heavy atom. The molecule has 0 radical (unpaired) electrons. The number of imide groups is 1. The lowest BCUT2D eigenvalue weighted by molar-refractivity contribution is -0.137. The molecular formula is C13H13N3O4S. The average molecular weight is 307 g/mol. The molecular weight excluding hydrogens is 294 g/mol. The molecule has 2 amide bonds. The molecule has 1 aliphatic heterocycles. The van der Waals surface area contributed by atoms with Gasteiger partial charge in [0.2, 0.25) is 21.8 Å². The minimum Gasteiger partial charge on any atom is -0.284 e. The van der Waals surface area contributed by atoms with Gasteiger partial charge in [0.1, 0.15) is 6.04 Å². The summed E-state index contributed by atoms with van der Waals surface area (Å²) in [5, 5.41) is 8.67. The van der Waals surface area contributed by atoms with Crippen LogP contribution in [0.4, 0.5) is 0 Å². The number of likely N-dealkylation sites (tertiary alicyclic amines) is 1. The number of carbonyl (C=O) groups is 2. The standard InChI is InChI=1S/C13H13N3O4S/c1-16-12(17)6-11(13(16)18)15-21(19,20)8-10-4-2-9(7-14)3-5-10/h2-5,11,15H,6,8H2,1H3. The van der Waals surface area contributed by atoms with Crippen LogP contribution in [0.1, 0.15) is 17.5 Å². The Morgan fingerprint density at radius 3 is 2.43 bits per heavy atom. The fourth-order valence-electron chi connectivity index (χ4n) is 2.00. The molecule has 1 aliphatic rings. The van der Waals surface area contributed by atoms with E-state index in [4.69, 9.17) is 5.26 Å². The van der Waals surface area contributed by atoms with E-state index < -0.39 is 27.9 Å². The topological polar surface area (TPSA) is 107 Å². The summed E-state index contributed by atoms with van der Waals surface area (Å²) in [6.07, 6.45) is -0.165. The summed E-state index contributed by atoms with van der Waals surface area (Å²) in [6.45, 7) is 0. The van der Waals surface area contributed by atoms with E-state index in [1.165, 1.54) is 31.3 Å². The van der Waals surface area contributed by atoms with E-state index >= 15 is 0 Å². The van der Waals surface area contributed by atoms with E-state index in [9.17, 15) is 18.0 Å². The summed E-state index contributed by atoms with van der Waals surface area (Å²) in [4.78, 5) is 23.9. The normalized spacial score (nSPS) is 18.9. The average Bonchev–Trinajstić information content (AvgIpc) is 2.66. The molecule has 1 aromatic rings. The van der Waals surface area contributed by atoms with Gasteiger partial charge in [0, 0.05) is 7.05 Å². The van der Waals surface area contributed by atoms with Gasteiger partial charge in [-0.2, -0.15) is 5.26 Å². The van der Waals surface area contributed by atoms with Crippen LogP contribution in [0.2, 0.25) is 0 Å². The van der Waals surface area contributed by atoms with Crippen molar-refractivity contribution >= 4 is 21.8 Å². The second-order valence-electron chi connectivity index (χ2n) is 4.73. The maximum atomic E-state index is 12.0. The fraction of sp³-hybridized carbons (Fsp3) is 0.308. The zero-order chi connectivity index (χ0) is 15.6. The number of hydrogen-bond acceptors (Lipinski definition) is 5. The maximum Gasteiger partial charge on any atom is 0.247 e. The highest BCUT2D eigenvalue weighted by Crippen LogP contribution is 2.13. The second-order valence-corrected chi connectivity index (χ2v) is 6.49. The molecule has 0 saturated carbocycles. The van der Waals surface area contributed by atoms with Crippen molar-refractivity contribution in [3.05, 3.63) is 35.4 Å². The van der Waals surface area contributed by atoms with Crippen LogP contribution >= 0.6 is 0 Å². The molecule has 110 valence electrons. The van der Waals surface area contributed by atoms with Crippen molar-refractivity contribution in [2.24, 2.45) is 0 Å². The molecule has 0 spiro atoms. The molecule has 0 bridgehead atoms. The summed E-state index contributed by atoms with van der Waals surface area (Å²) in [5.41, 5.74) is 0.925. The number of nitriles is 1. The number of nitrogens with one attached hydrogen (secondary N) is 1. The SMILES string of the molecule is CN1C(=O)CC(NS(=O)(=O)Cc2ccc(C#N)cc2)C1=O. The lowest BCUT2D eigenvalue weighted by Gasteiger charge is -2.11. The Morgan fingerprint density at radius 2 is 1.95 bits per heavy atom. The summed E-state index contributed by atoms with van der Waals surface area (Å²) in [7, 11) is -2.43. The van der Waals surface area contributed by atoms with Crippen molar-refractivity contribution in [3.8, 4) is 6.07 Å². The highest BCUT2D eigenvalue weighted by atomic mass is 32.2. The zero-order valence-corrected chi connectivity index (χ0v) is 12.1. The van der Waals surface area contributed by atoms with Gasteiger partial charge >= 0.3 is 0 Å². The summed E-state index contributed by atoms with van der Waals surface area (Å²) in [6, 6.07) is 7.00. The number of amides is 2. The first-order valence-electron chi connectivity index (χ1n) is 6.12. The van der Waals surface area contributed by atoms with Crippen molar-refractivity contribution < 1.29 is 18.0 Å². The molecule has 21 heavy (non-hydrogen) atoms. The van der Waals surface area contributed by atoms with Crippen LogP contribution in [0, 0.1) is 11.3 Å². The van der Waals surface area contributed by atoms with Crippen LogP contribution in [0.5, 0.6) is 0 Å². The van der Waals surface area contributed by atoms with Crippen molar-refractivity contribution in [1.29, 1.82) is 5.26 Å². The highest BCUT2D eigenvalue weighted by molar-refractivity contribution is 7.88. The lowest BCUT2D eigenvalue weighted by atomic mass is 10.2. The van der Waals surface area contributed by atoms with Gasteiger partial charge in [0.25, 0.3) is 0 Å². The first-order chi connectivity index (χ1) is 9.82. The molecule has 2 rings (SSSR count). The summed E-state index contributed by atoms with van der Waals surface area (Å²) >= 11 is 0. The smallest absolute Gasteiger partial charge is 0.247 e. The predicted octanol–water partition coefficient (Wildman–Crippen LogP) is -0.265. The number of nitrogens with zero attached hydrogens (tertiary/aromatic N) is 2. The Balaban J connectivity index is 2.07. The third-order valence-corrected chi connectivity index (χ3v) is 4.50. The zero-order valence-electron chi connectivity index (χ0n) is 11.2. The quantitative estimate of drug-likeness (QED) is 0.771. The Hall–Kier alpha value is -2.24. The molecule has 1 unspecified atom stereocenters. The lowest BCUT2D eigenvalue weighted by Crippen LogP contribution is -2.41. The third-order valence-electron chi connectivity index (χ3n) is 3.14. The first kappa shape index (κ1) is 15.2. The van der Waals surface area contributed by atoms with Gasteiger partial charge < -0.3 is 0 Å². The first-order valence-corrected chi connectivity index (χ1v) is 7.77. The molecule has 1 N–H and O–H groups in total. The van der Waals surface area contributed by atoms with Crippen LogP contribution in [-0.2, 0) is 25.4 Å². The molecule has 0 aliphatic carbocycles. The number of sulfonamides is 1. The van der Waals surface area contributed by atoms with Crippen LogP contribution in [-0.4, -0.2) is 38.2 Å². The summed E-state index contributed by atoms with van der Waals surface area (Å²) < 4.78 is 26.3. The fourth-order valence-corrected chi connectivity index (χ4v) is 3.33. The molecule has 1 heterocycles. The minimum atomic E-state index is -3.75. The predicted molar refractivity (Wildman–Crippen MR) is 73.1 cm³/mol. The molecule has 7 nitrogen and oxygen atoms in total. The van der Waals surface area contributed by atoms with Gasteiger partial charge in [-0.1, -0.05) is 12.1 Å². The van der Waals surface area contributed by atoms with Gasteiger partial charge in [-0.3, -0.25) is 14.5 Å². The molecule has 1 aromatic carbocycles. The van der Waals surface area contributed by atoms with E-state index in [0.717, 1.165) is 4.90 Å². The molecule has 0 aromatic heterocycles. The highest BCUT2D eigenvalue weighted by Gasteiger charge is 2.38. The van der Waals surface area contributed by atoms with Crippen LogP contribution < -0.4 is 4.72 Å². The van der Waals surface area contributed by atoms with Crippen molar-refractivity contribution in [1.82, 2.24) is 9.62 Å². The second kappa shape index (κ2) is 5.63. The van der Waals surface area contributed by atoms with E-state index in [-0.39, 0.29) is 12.2 Å². The van der Waals surface area contributed by atoms with Crippen LogP contribution in [0.25, 0.3) is 0 Å². The maximum absolute atomic E-state index is 12.0. The Bertz CT molecular complexity index is 719. The van der Waals surface area contributed by atoms with Crippen molar-refractivity contribution in [2.45, 2.75) is 18.2 Å². The molecule has 8 heteroatoms. The number of likely N-dealkylation sites (N-methyl/N-ethyl adjacent to an activating group) is 1. The van der Waals surface area contributed by atoms with Gasteiger partial charge in [0.15, 0.2) is 0 Å². The number of benzene rings is 1. The Labute approximate surface area is 122 Å². The number of hydrogen-bond donors (Lipinski definition) is 1. The molecule has 1 atom stereocenters. The van der Waals surface area contributed by atoms with Gasteiger partial charge in [0.05, 0.1) is 23.8 Å². The Kier molecular flexibility index (Phi) is 4.06. The van der Waals surface area contributed by atoms with E-state index in [1.54, 1.807) is 0 Å².